The lowest BCUT2D eigenvalue weighted by Gasteiger charge is -2.24. The lowest BCUT2D eigenvalue weighted by molar-refractivity contribution is -0.146. The Hall–Kier alpha value is -2.38. The highest BCUT2D eigenvalue weighted by Gasteiger charge is 2.30. The lowest BCUT2D eigenvalue weighted by atomic mass is 10.5. The summed E-state index contributed by atoms with van der Waals surface area (Å²) >= 11 is 1.13. The number of nitrogens with zero attached hydrogens (tertiary/aromatic N) is 2. The standard InChI is InChI=1S/C15H21N3O9S/c1-28-9-18(14(22)16-2-12(20)26-6-10-4-24-10)15(23)17(8-19)3-13(21)27-7-11-5-25-11/h8,10-11H,2-7,9H2,1H3,(H,16,22). The van der Waals surface area contributed by atoms with E-state index in [1.54, 1.807) is 6.26 Å². The Morgan fingerprint density at radius 2 is 1.68 bits per heavy atom. The lowest BCUT2D eigenvalue weighted by Crippen LogP contribution is -2.51. The van der Waals surface area contributed by atoms with Crippen molar-refractivity contribution in [2.24, 2.45) is 0 Å². The third-order valence-corrected chi connectivity index (χ3v) is 3.97. The summed E-state index contributed by atoms with van der Waals surface area (Å²) in [5.41, 5.74) is 0. The summed E-state index contributed by atoms with van der Waals surface area (Å²) in [6, 6.07) is -1.94. The summed E-state index contributed by atoms with van der Waals surface area (Å²) in [5, 5.41) is 2.24. The van der Waals surface area contributed by atoms with Crippen molar-refractivity contribution >= 4 is 42.2 Å². The zero-order chi connectivity index (χ0) is 20.5. The first-order chi connectivity index (χ1) is 13.4. The monoisotopic (exact) mass is 419 g/mol. The van der Waals surface area contributed by atoms with Crippen LogP contribution in [-0.4, -0.2) is 104 Å². The van der Waals surface area contributed by atoms with Crippen LogP contribution < -0.4 is 5.32 Å². The number of rotatable bonds is 11. The molecule has 0 spiro atoms. The molecule has 2 aliphatic heterocycles. The normalized spacial score (nSPS) is 19.2. The Labute approximate surface area is 164 Å². The molecule has 12 nitrogen and oxygen atoms in total. The number of hydrogen-bond acceptors (Lipinski definition) is 10. The van der Waals surface area contributed by atoms with Crippen molar-refractivity contribution in [2.45, 2.75) is 12.2 Å². The maximum absolute atomic E-state index is 12.4. The second kappa shape index (κ2) is 10.8. The van der Waals surface area contributed by atoms with E-state index in [-0.39, 0.29) is 37.7 Å². The first-order valence-electron chi connectivity index (χ1n) is 8.29. The fourth-order valence-electron chi connectivity index (χ4n) is 1.81. The number of ether oxygens (including phenoxy) is 4. The van der Waals surface area contributed by atoms with E-state index < -0.39 is 37.1 Å². The fourth-order valence-corrected chi connectivity index (χ4v) is 2.30. The molecule has 0 aromatic carbocycles. The van der Waals surface area contributed by atoms with E-state index in [0.29, 0.717) is 23.0 Å². The molecule has 2 heterocycles. The van der Waals surface area contributed by atoms with E-state index in [2.05, 4.69) is 5.32 Å². The number of thioether (sulfide) groups is 1. The van der Waals surface area contributed by atoms with Gasteiger partial charge in [0.05, 0.1) is 19.1 Å². The SMILES string of the molecule is CSCN(C(=O)NCC(=O)OCC1CO1)C(=O)N(C=O)CC(=O)OCC1CO1. The van der Waals surface area contributed by atoms with Crippen LogP contribution in [0.5, 0.6) is 0 Å². The van der Waals surface area contributed by atoms with E-state index in [1.165, 1.54) is 0 Å². The Kier molecular flexibility index (Phi) is 8.47. The number of hydrogen-bond donors (Lipinski definition) is 1. The highest BCUT2D eigenvalue weighted by atomic mass is 32.2. The van der Waals surface area contributed by atoms with Gasteiger partial charge in [0.1, 0.15) is 38.5 Å². The average molecular weight is 419 g/mol. The van der Waals surface area contributed by atoms with Gasteiger partial charge in [0.25, 0.3) is 0 Å². The highest BCUT2D eigenvalue weighted by Crippen LogP contribution is 2.10. The molecule has 2 rings (SSSR count). The Morgan fingerprint density at radius 1 is 1.11 bits per heavy atom. The molecule has 13 heteroatoms. The maximum atomic E-state index is 12.4. The van der Waals surface area contributed by atoms with Gasteiger partial charge in [0.15, 0.2) is 0 Å². The van der Waals surface area contributed by atoms with Crippen molar-refractivity contribution in [1.82, 2.24) is 15.1 Å². The number of urea groups is 2. The Morgan fingerprint density at radius 3 is 2.18 bits per heavy atom. The average Bonchev–Trinajstić information content (AvgIpc) is 3.58. The number of amides is 5. The van der Waals surface area contributed by atoms with Crippen LogP contribution in [0.4, 0.5) is 9.59 Å². The quantitative estimate of drug-likeness (QED) is 0.187. The number of nitrogens with one attached hydrogen (secondary N) is 1. The van der Waals surface area contributed by atoms with Crippen molar-refractivity contribution in [3.63, 3.8) is 0 Å². The Bertz CT molecular complexity index is 610. The molecule has 0 saturated carbocycles. The molecule has 28 heavy (non-hydrogen) atoms. The minimum absolute atomic E-state index is 0.0305. The minimum Gasteiger partial charge on any atom is -0.462 e. The van der Waals surface area contributed by atoms with E-state index in [1.807, 2.05) is 0 Å². The first-order valence-corrected chi connectivity index (χ1v) is 9.68. The van der Waals surface area contributed by atoms with Crippen LogP contribution in [0, 0.1) is 0 Å². The van der Waals surface area contributed by atoms with E-state index in [9.17, 15) is 24.0 Å². The first kappa shape index (κ1) is 21.9. The van der Waals surface area contributed by atoms with Gasteiger partial charge in [0, 0.05) is 0 Å². The van der Waals surface area contributed by atoms with Gasteiger partial charge in [-0.1, -0.05) is 0 Å². The van der Waals surface area contributed by atoms with E-state index in [4.69, 9.17) is 18.9 Å². The predicted octanol–water partition coefficient (Wildman–Crippen LogP) is -1.22. The molecule has 2 saturated heterocycles. The number of esters is 2. The second-order valence-electron chi connectivity index (χ2n) is 5.80. The molecule has 2 unspecified atom stereocenters. The summed E-state index contributed by atoms with van der Waals surface area (Å²) < 4.78 is 19.5. The molecule has 2 aliphatic rings. The number of epoxide rings is 2. The van der Waals surface area contributed by atoms with Crippen molar-refractivity contribution in [1.29, 1.82) is 0 Å². The molecular formula is C15H21N3O9S. The van der Waals surface area contributed by atoms with Gasteiger partial charge in [0.2, 0.25) is 6.41 Å². The molecule has 156 valence electrons. The summed E-state index contributed by atoms with van der Waals surface area (Å²) in [7, 11) is 0. The molecule has 0 radical (unpaired) electrons. The van der Waals surface area contributed by atoms with Gasteiger partial charge in [-0.3, -0.25) is 19.3 Å². The molecule has 0 aromatic heterocycles. The van der Waals surface area contributed by atoms with Crippen LogP contribution in [0.15, 0.2) is 0 Å². The molecule has 2 atom stereocenters. The van der Waals surface area contributed by atoms with Crippen LogP contribution in [0.25, 0.3) is 0 Å². The van der Waals surface area contributed by atoms with Gasteiger partial charge >= 0.3 is 24.0 Å². The van der Waals surface area contributed by atoms with Crippen LogP contribution in [-0.2, 0) is 33.3 Å². The highest BCUT2D eigenvalue weighted by molar-refractivity contribution is 7.98. The third-order valence-electron chi connectivity index (χ3n) is 3.46. The van der Waals surface area contributed by atoms with Gasteiger partial charge in [-0.05, 0) is 6.26 Å². The summed E-state index contributed by atoms with van der Waals surface area (Å²) in [6.07, 6.45) is 1.49. The van der Waals surface area contributed by atoms with Crippen molar-refractivity contribution in [3.05, 3.63) is 0 Å². The van der Waals surface area contributed by atoms with Crippen LogP contribution in [0.1, 0.15) is 0 Å². The van der Waals surface area contributed by atoms with Crippen molar-refractivity contribution in [3.8, 4) is 0 Å². The molecule has 0 bridgehead atoms. The number of carbonyl (C=O) groups is 5. The molecule has 0 aliphatic carbocycles. The minimum atomic E-state index is -1.03. The van der Waals surface area contributed by atoms with Gasteiger partial charge < -0.3 is 24.3 Å². The van der Waals surface area contributed by atoms with E-state index in [0.717, 1.165) is 11.8 Å². The van der Waals surface area contributed by atoms with Crippen LogP contribution >= 0.6 is 11.8 Å². The molecule has 2 fully saturated rings. The summed E-state index contributed by atoms with van der Waals surface area (Å²) in [6.45, 7) is 0.0113. The topological polar surface area (TPSA) is 147 Å². The number of imide groups is 2. The van der Waals surface area contributed by atoms with Gasteiger partial charge in [-0.25, -0.2) is 14.5 Å². The molecule has 1 N–H and O–H groups in total. The van der Waals surface area contributed by atoms with Gasteiger partial charge in [-0.2, -0.15) is 0 Å². The Balaban J connectivity index is 1.82. The summed E-state index contributed by atoms with van der Waals surface area (Å²) in [5.74, 6) is -1.62. The maximum Gasteiger partial charge on any atom is 0.335 e. The summed E-state index contributed by atoms with van der Waals surface area (Å²) in [4.78, 5) is 60.4. The third kappa shape index (κ3) is 7.70. The number of carbonyl (C=O) groups excluding carboxylic acids is 5. The molecular weight excluding hydrogens is 398 g/mol. The van der Waals surface area contributed by atoms with Crippen LogP contribution in [0.3, 0.4) is 0 Å². The fraction of sp³-hybridized carbons (Fsp3) is 0.667. The zero-order valence-corrected chi connectivity index (χ0v) is 16.0. The van der Waals surface area contributed by atoms with E-state index >= 15 is 0 Å². The second-order valence-corrected chi connectivity index (χ2v) is 6.63. The molecule has 5 amide bonds. The zero-order valence-electron chi connectivity index (χ0n) is 15.2. The predicted molar refractivity (Wildman–Crippen MR) is 93.2 cm³/mol. The smallest absolute Gasteiger partial charge is 0.335 e. The molecule has 0 aromatic rings. The van der Waals surface area contributed by atoms with Gasteiger partial charge in [-0.15, -0.1) is 11.8 Å². The van der Waals surface area contributed by atoms with Crippen molar-refractivity contribution in [2.75, 3.05) is 51.6 Å². The van der Waals surface area contributed by atoms with Crippen LogP contribution in [0.2, 0.25) is 0 Å². The largest absolute Gasteiger partial charge is 0.462 e. The van der Waals surface area contributed by atoms with Crippen molar-refractivity contribution < 1.29 is 42.9 Å².